The van der Waals surface area contributed by atoms with Gasteiger partial charge in [0.05, 0.1) is 12.0 Å². The van der Waals surface area contributed by atoms with Gasteiger partial charge in [0.15, 0.2) is 23.0 Å². The van der Waals surface area contributed by atoms with Gasteiger partial charge in [-0.25, -0.2) is 4.39 Å². The molecule has 0 saturated carbocycles. The summed E-state index contributed by atoms with van der Waals surface area (Å²) in [5.41, 5.74) is 0.506. The van der Waals surface area contributed by atoms with Crippen LogP contribution in [0.25, 0.3) is 11.3 Å². The van der Waals surface area contributed by atoms with Crippen molar-refractivity contribution in [1.82, 2.24) is 5.16 Å². The molecule has 0 fully saturated rings. The van der Waals surface area contributed by atoms with Gasteiger partial charge in [-0.3, -0.25) is 9.59 Å². The first-order valence-electron chi connectivity index (χ1n) is 7.11. The van der Waals surface area contributed by atoms with Gasteiger partial charge >= 0.3 is 0 Å². The maximum Gasteiger partial charge on any atom is 0.192 e. The van der Waals surface area contributed by atoms with Crippen LogP contribution in [0.5, 0.6) is 5.75 Å². The zero-order chi connectivity index (χ0) is 17.1. The Bertz CT molecular complexity index is 902. The maximum absolute atomic E-state index is 13.2. The molecule has 0 unspecified atom stereocenters. The molecular weight excluding hydrogens is 313 g/mol. The predicted octanol–water partition coefficient (Wildman–Crippen LogP) is 3.64. The normalized spacial score (nSPS) is 10.5. The van der Waals surface area contributed by atoms with Crippen LogP contribution < -0.4 is 0 Å². The van der Waals surface area contributed by atoms with Gasteiger partial charge in [0.1, 0.15) is 11.6 Å². The molecule has 3 aromatic rings. The Morgan fingerprint density at radius 2 is 1.79 bits per heavy atom. The van der Waals surface area contributed by atoms with Gasteiger partial charge in [-0.2, -0.15) is 0 Å². The first kappa shape index (κ1) is 15.6. The third-order valence-electron chi connectivity index (χ3n) is 3.43. The number of benzene rings is 2. The van der Waals surface area contributed by atoms with Crippen molar-refractivity contribution in [3.63, 3.8) is 0 Å². The molecule has 2 aromatic carbocycles. The van der Waals surface area contributed by atoms with E-state index in [9.17, 15) is 19.1 Å². The number of phenols is 1. The topological polar surface area (TPSA) is 80.4 Å². The minimum Gasteiger partial charge on any atom is -0.507 e. The van der Waals surface area contributed by atoms with E-state index < -0.39 is 23.8 Å². The number of phenolic OH excluding ortho intramolecular Hbond substituents is 1. The van der Waals surface area contributed by atoms with Gasteiger partial charge in [0.25, 0.3) is 0 Å². The Labute approximate surface area is 136 Å². The van der Waals surface area contributed by atoms with Crippen LogP contribution in [0.4, 0.5) is 4.39 Å². The largest absolute Gasteiger partial charge is 0.507 e. The fraction of sp³-hybridized carbons (Fsp3) is 0.0556. The molecule has 5 nitrogen and oxygen atoms in total. The summed E-state index contributed by atoms with van der Waals surface area (Å²) >= 11 is 0. The number of ketones is 2. The van der Waals surface area contributed by atoms with Gasteiger partial charge in [0.2, 0.25) is 0 Å². The number of aromatic nitrogens is 1. The van der Waals surface area contributed by atoms with Gasteiger partial charge < -0.3 is 9.63 Å². The third kappa shape index (κ3) is 3.22. The number of aromatic hydroxyl groups is 1. The average molecular weight is 325 g/mol. The molecule has 0 radical (unpaired) electrons. The highest BCUT2D eigenvalue weighted by Crippen LogP contribution is 2.22. The molecule has 6 heteroatoms. The minimum atomic E-state index is -0.693. The number of hydrogen-bond donors (Lipinski definition) is 1. The zero-order valence-electron chi connectivity index (χ0n) is 12.4. The van der Waals surface area contributed by atoms with Crippen molar-refractivity contribution in [2.75, 3.05) is 0 Å². The van der Waals surface area contributed by atoms with Crippen LogP contribution >= 0.6 is 0 Å². The smallest absolute Gasteiger partial charge is 0.192 e. The molecule has 0 atom stereocenters. The predicted molar refractivity (Wildman–Crippen MR) is 83.3 cm³/mol. The third-order valence-corrected chi connectivity index (χ3v) is 3.43. The highest BCUT2D eigenvalue weighted by Gasteiger charge is 2.20. The molecule has 3 rings (SSSR count). The molecule has 120 valence electrons. The average Bonchev–Trinajstić information content (AvgIpc) is 3.08. The van der Waals surface area contributed by atoms with Crippen molar-refractivity contribution < 1.29 is 23.6 Å². The van der Waals surface area contributed by atoms with Crippen molar-refractivity contribution in [3.05, 3.63) is 71.7 Å². The van der Waals surface area contributed by atoms with E-state index in [1.807, 2.05) is 18.2 Å². The first-order chi connectivity index (χ1) is 11.5. The quantitative estimate of drug-likeness (QED) is 0.572. The second-order valence-corrected chi connectivity index (χ2v) is 5.13. The van der Waals surface area contributed by atoms with E-state index in [0.29, 0.717) is 5.76 Å². The molecule has 0 spiro atoms. The lowest BCUT2D eigenvalue weighted by atomic mass is 10.0. The van der Waals surface area contributed by atoms with E-state index in [0.717, 1.165) is 23.8 Å². The zero-order valence-corrected chi connectivity index (χ0v) is 12.4. The van der Waals surface area contributed by atoms with Crippen LogP contribution in [-0.2, 0) is 0 Å². The molecule has 0 saturated heterocycles. The summed E-state index contributed by atoms with van der Waals surface area (Å²) in [5.74, 6) is -1.91. The summed E-state index contributed by atoms with van der Waals surface area (Å²) in [5, 5.41) is 13.3. The van der Waals surface area contributed by atoms with Crippen molar-refractivity contribution in [2.45, 2.75) is 6.42 Å². The fourth-order valence-electron chi connectivity index (χ4n) is 2.21. The summed E-state index contributed by atoms with van der Waals surface area (Å²) in [6.07, 6.45) is -0.544. The lowest BCUT2D eigenvalue weighted by Crippen LogP contribution is -2.09. The Kier molecular flexibility index (Phi) is 4.20. The Morgan fingerprint density at radius 3 is 2.54 bits per heavy atom. The maximum atomic E-state index is 13.2. The summed E-state index contributed by atoms with van der Waals surface area (Å²) in [4.78, 5) is 24.2. The van der Waals surface area contributed by atoms with Crippen molar-refractivity contribution in [3.8, 4) is 17.1 Å². The van der Waals surface area contributed by atoms with E-state index in [2.05, 4.69) is 5.16 Å². The van der Waals surface area contributed by atoms with E-state index in [1.54, 1.807) is 12.1 Å². The number of rotatable bonds is 5. The number of Topliss-reactive ketones (excluding diaryl/α,β-unsaturated/α-hetero) is 2. The molecule has 0 aliphatic heterocycles. The van der Waals surface area contributed by atoms with Crippen LogP contribution in [0.2, 0.25) is 0 Å². The summed E-state index contributed by atoms with van der Waals surface area (Å²) in [6.45, 7) is 0. The molecule has 1 N–H and O–H groups in total. The lowest BCUT2D eigenvalue weighted by molar-refractivity contribution is 0.0888. The Hall–Kier alpha value is -3.28. The molecule has 1 heterocycles. The van der Waals surface area contributed by atoms with Crippen molar-refractivity contribution in [1.29, 1.82) is 0 Å². The molecule has 24 heavy (non-hydrogen) atoms. The summed E-state index contributed by atoms with van der Waals surface area (Å²) in [7, 11) is 0. The SMILES string of the molecule is O=C(CC(=O)c1cc(F)ccc1O)c1cc(-c2ccccc2)on1. The van der Waals surface area contributed by atoms with Crippen molar-refractivity contribution >= 4 is 11.6 Å². The fourth-order valence-corrected chi connectivity index (χ4v) is 2.21. The molecule has 0 amide bonds. The van der Waals surface area contributed by atoms with E-state index >= 15 is 0 Å². The number of carbonyl (C=O) groups is 2. The number of hydrogen-bond acceptors (Lipinski definition) is 5. The van der Waals surface area contributed by atoms with E-state index in [-0.39, 0.29) is 17.0 Å². The molecule has 0 aliphatic rings. The summed E-state index contributed by atoms with van der Waals surface area (Å²) in [6, 6.07) is 13.5. The highest BCUT2D eigenvalue weighted by molar-refractivity contribution is 6.13. The van der Waals surface area contributed by atoms with Gasteiger partial charge in [-0.05, 0) is 18.2 Å². The highest BCUT2D eigenvalue weighted by atomic mass is 19.1. The second kappa shape index (κ2) is 6.45. The molecular formula is C18H12FNO4. The Balaban J connectivity index is 1.77. The first-order valence-corrected chi connectivity index (χ1v) is 7.11. The summed E-state index contributed by atoms with van der Waals surface area (Å²) < 4.78 is 18.3. The second-order valence-electron chi connectivity index (χ2n) is 5.13. The molecule has 1 aromatic heterocycles. The number of halogens is 1. The van der Waals surface area contributed by atoms with Crippen LogP contribution in [0.1, 0.15) is 27.3 Å². The Morgan fingerprint density at radius 1 is 1.04 bits per heavy atom. The van der Waals surface area contributed by atoms with Crippen LogP contribution in [0.15, 0.2) is 59.1 Å². The van der Waals surface area contributed by atoms with Gasteiger partial charge in [-0.1, -0.05) is 35.5 Å². The molecule has 0 aliphatic carbocycles. The van der Waals surface area contributed by atoms with Crippen molar-refractivity contribution in [2.24, 2.45) is 0 Å². The van der Waals surface area contributed by atoms with Gasteiger partial charge in [0, 0.05) is 11.6 Å². The standard InChI is InChI=1S/C18H12FNO4/c19-12-6-7-15(21)13(8-12)16(22)10-17(23)14-9-18(24-20-14)11-4-2-1-3-5-11/h1-9,21H,10H2. The van der Waals surface area contributed by atoms with Crippen LogP contribution in [0.3, 0.4) is 0 Å². The number of nitrogens with zero attached hydrogens (tertiary/aromatic N) is 1. The monoisotopic (exact) mass is 325 g/mol. The van der Waals surface area contributed by atoms with E-state index in [1.165, 1.54) is 6.07 Å². The lowest BCUT2D eigenvalue weighted by Gasteiger charge is -2.02. The molecule has 0 bridgehead atoms. The van der Waals surface area contributed by atoms with Crippen LogP contribution in [-0.4, -0.2) is 21.8 Å². The van der Waals surface area contributed by atoms with E-state index in [4.69, 9.17) is 4.52 Å². The minimum absolute atomic E-state index is 0.00176. The number of carbonyl (C=O) groups excluding carboxylic acids is 2. The van der Waals surface area contributed by atoms with Gasteiger partial charge in [-0.15, -0.1) is 0 Å². The van der Waals surface area contributed by atoms with Crippen LogP contribution in [0, 0.1) is 5.82 Å².